The topological polar surface area (TPSA) is 124 Å². The first kappa shape index (κ1) is 26.0. The van der Waals surface area contributed by atoms with Crippen LogP contribution in [0, 0.1) is 13.8 Å². The Kier molecular flexibility index (Phi) is 6.36. The Hall–Kier alpha value is -3.61. The van der Waals surface area contributed by atoms with Crippen LogP contribution in [0.3, 0.4) is 0 Å². The van der Waals surface area contributed by atoms with Gasteiger partial charge in [0, 0.05) is 41.8 Å². The molecule has 5 heterocycles. The van der Waals surface area contributed by atoms with Crippen molar-refractivity contribution >= 4 is 27.5 Å². The van der Waals surface area contributed by atoms with E-state index in [1.54, 1.807) is 22.4 Å². The molecule has 0 unspecified atom stereocenters. The number of pyridine rings is 1. The molecule has 4 aromatic heterocycles. The second kappa shape index (κ2) is 9.29. The molecule has 0 radical (unpaired) electrons. The lowest BCUT2D eigenvalue weighted by atomic mass is 10.0. The highest BCUT2D eigenvalue weighted by atomic mass is 32.1. The van der Waals surface area contributed by atoms with E-state index in [-0.39, 0.29) is 30.1 Å². The van der Waals surface area contributed by atoms with E-state index in [2.05, 4.69) is 10.1 Å². The van der Waals surface area contributed by atoms with E-state index in [4.69, 9.17) is 4.84 Å². The van der Waals surface area contributed by atoms with Crippen LogP contribution in [0.5, 0.6) is 0 Å². The van der Waals surface area contributed by atoms with Gasteiger partial charge in [-0.1, -0.05) is 6.07 Å². The van der Waals surface area contributed by atoms with E-state index >= 15 is 0 Å². The van der Waals surface area contributed by atoms with E-state index in [0.29, 0.717) is 21.9 Å². The van der Waals surface area contributed by atoms with Crippen molar-refractivity contribution in [2.45, 2.75) is 52.7 Å². The third-order valence-corrected chi connectivity index (χ3v) is 8.00. The normalized spacial score (nSPS) is 17.7. The molecule has 1 saturated heterocycles. The van der Waals surface area contributed by atoms with Crippen molar-refractivity contribution in [3.8, 4) is 5.82 Å². The zero-order valence-corrected chi connectivity index (χ0v) is 23.0. The second-order valence-corrected chi connectivity index (χ2v) is 11.3. The molecule has 1 aliphatic rings. The maximum absolute atomic E-state index is 13.9. The van der Waals surface area contributed by atoms with Crippen LogP contribution in [0.1, 0.15) is 59.0 Å². The predicted octanol–water partition coefficient (Wildman–Crippen LogP) is 2.27. The zero-order chi connectivity index (χ0) is 27.5. The predicted molar refractivity (Wildman–Crippen MR) is 143 cm³/mol. The third kappa shape index (κ3) is 4.18. The molecule has 0 saturated carbocycles. The highest BCUT2D eigenvalue weighted by Gasteiger charge is 2.39. The van der Waals surface area contributed by atoms with E-state index in [9.17, 15) is 19.5 Å². The molecule has 0 aromatic carbocycles. The summed E-state index contributed by atoms with van der Waals surface area (Å²) in [6.07, 6.45) is 2.00. The van der Waals surface area contributed by atoms with Crippen LogP contribution in [0.4, 0.5) is 0 Å². The Morgan fingerprint density at radius 2 is 2.00 bits per heavy atom. The highest BCUT2D eigenvalue weighted by molar-refractivity contribution is 7.19. The van der Waals surface area contributed by atoms with Crippen molar-refractivity contribution in [3.63, 3.8) is 0 Å². The molecule has 200 valence electrons. The fraction of sp³-hybridized carbons (Fsp3) is 0.423. The molecule has 0 bridgehead atoms. The average Bonchev–Trinajstić information content (AvgIpc) is 3.51. The summed E-state index contributed by atoms with van der Waals surface area (Å²) >= 11 is 1.25. The molecule has 38 heavy (non-hydrogen) atoms. The fourth-order valence-electron chi connectivity index (χ4n) is 4.81. The largest absolute Gasteiger partial charge is 0.386 e. The van der Waals surface area contributed by atoms with Gasteiger partial charge in [-0.3, -0.25) is 23.6 Å². The van der Waals surface area contributed by atoms with Gasteiger partial charge in [0.1, 0.15) is 17.0 Å². The Labute approximate surface area is 222 Å². The fourth-order valence-corrected chi connectivity index (χ4v) is 6.23. The van der Waals surface area contributed by atoms with E-state index in [1.165, 1.54) is 18.4 Å². The Morgan fingerprint density at radius 3 is 2.61 bits per heavy atom. The summed E-state index contributed by atoms with van der Waals surface area (Å²) in [6.45, 7) is 9.04. The van der Waals surface area contributed by atoms with Crippen LogP contribution >= 0.6 is 11.3 Å². The minimum absolute atomic E-state index is 0.0393. The van der Waals surface area contributed by atoms with Crippen molar-refractivity contribution in [2.24, 2.45) is 7.05 Å². The van der Waals surface area contributed by atoms with Gasteiger partial charge < -0.3 is 5.11 Å². The number of hydrogen-bond donors (Lipinski definition) is 1. The molecular formula is C26H30N6O5S. The summed E-state index contributed by atoms with van der Waals surface area (Å²) in [5.41, 5.74) is 0.494. The maximum Gasteiger partial charge on any atom is 0.332 e. The Morgan fingerprint density at radius 1 is 1.26 bits per heavy atom. The van der Waals surface area contributed by atoms with Crippen molar-refractivity contribution in [3.05, 3.63) is 72.6 Å². The van der Waals surface area contributed by atoms with E-state index in [1.807, 2.05) is 45.9 Å². The molecule has 4 aromatic rings. The number of hydroxylamine groups is 2. The Bertz CT molecular complexity index is 1680. The number of rotatable bonds is 5. The summed E-state index contributed by atoms with van der Waals surface area (Å²) in [7, 11) is 1.41. The number of hydrogen-bond acceptors (Lipinski definition) is 8. The number of thiophene rings is 1. The first-order valence-corrected chi connectivity index (χ1v) is 13.1. The van der Waals surface area contributed by atoms with Crippen LogP contribution < -0.4 is 11.2 Å². The SMILES string of the molecule is Cc1nn(-c2ccccn2)c(C)c1Cc1sc2c(c1C(=O)N1C[C@](C)(O)CO1)c(=O)n(C)c(=O)n2C(C)C. The monoisotopic (exact) mass is 538 g/mol. The average molecular weight is 539 g/mol. The van der Waals surface area contributed by atoms with Crippen LogP contribution in [-0.2, 0) is 18.3 Å². The first-order chi connectivity index (χ1) is 17.9. The summed E-state index contributed by atoms with van der Waals surface area (Å²) in [4.78, 5) is 51.4. The van der Waals surface area contributed by atoms with Crippen molar-refractivity contribution < 1.29 is 14.7 Å². The third-order valence-electron chi connectivity index (χ3n) is 6.81. The van der Waals surface area contributed by atoms with Crippen molar-refractivity contribution in [1.82, 2.24) is 29.0 Å². The van der Waals surface area contributed by atoms with Gasteiger partial charge in [-0.2, -0.15) is 5.10 Å². The molecule has 0 spiro atoms. The highest BCUT2D eigenvalue weighted by Crippen LogP contribution is 2.35. The van der Waals surface area contributed by atoms with Crippen LogP contribution in [0.15, 0.2) is 34.0 Å². The van der Waals surface area contributed by atoms with Crippen LogP contribution in [0.25, 0.3) is 16.0 Å². The Balaban J connectivity index is 1.74. The molecule has 12 heteroatoms. The molecular weight excluding hydrogens is 508 g/mol. The molecule has 1 fully saturated rings. The van der Waals surface area contributed by atoms with Crippen molar-refractivity contribution in [1.29, 1.82) is 0 Å². The lowest BCUT2D eigenvalue weighted by Crippen LogP contribution is -2.39. The summed E-state index contributed by atoms with van der Waals surface area (Å²) in [6, 6.07) is 5.33. The number of aromatic nitrogens is 5. The van der Waals surface area contributed by atoms with Crippen LogP contribution in [0.2, 0.25) is 0 Å². The summed E-state index contributed by atoms with van der Waals surface area (Å²) in [5.74, 6) is 0.143. The number of carbonyl (C=O) groups excluding carboxylic acids is 1. The van der Waals surface area contributed by atoms with Crippen molar-refractivity contribution in [2.75, 3.05) is 13.2 Å². The number of carbonyl (C=O) groups is 1. The molecule has 11 nitrogen and oxygen atoms in total. The number of amides is 1. The van der Waals surface area contributed by atoms with Gasteiger partial charge in [0.25, 0.3) is 11.5 Å². The van der Waals surface area contributed by atoms with Gasteiger partial charge in [0.15, 0.2) is 5.82 Å². The van der Waals surface area contributed by atoms with E-state index < -0.39 is 22.8 Å². The number of fused-ring (bicyclic) bond motifs is 1. The standard InChI is InChI=1S/C26H30N6O5S/c1-14(2)31-24-21(22(33)29(6)25(31)35)20(23(34)30-12-26(5,36)13-37-30)18(38-24)11-17-15(3)28-32(16(17)4)19-9-7-8-10-27-19/h7-10,14,36H,11-13H2,1-6H3/t26-/m0/s1. The molecule has 1 N–H and O–H groups in total. The summed E-state index contributed by atoms with van der Waals surface area (Å²) in [5, 5.41) is 16.4. The maximum atomic E-state index is 13.9. The number of β-amino-alcohol motifs (C(OH)–C–C–N with tert-alkyl or cyclic N) is 1. The van der Waals surface area contributed by atoms with Gasteiger partial charge in [0.2, 0.25) is 0 Å². The quantitative estimate of drug-likeness (QED) is 0.413. The van der Waals surface area contributed by atoms with Crippen LogP contribution in [-0.4, -0.2) is 58.7 Å². The second-order valence-electron chi connectivity index (χ2n) is 10.2. The van der Waals surface area contributed by atoms with Gasteiger partial charge in [0.05, 0.1) is 23.2 Å². The molecule has 5 rings (SSSR count). The lowest BCUT2D eigenvalue weighted by molar-refractivity contribution is -0.0796. The minimum atomic E-state index is -1.20. The molecule has 0 aliphatic carbocycles. The minimum Gasteiger partial charge on any atom is -0.386 e. The van der Waals surface area contributed by atoms with Gasteiger partial charge in [-0.05, 0) is 46.8 Å². The van der Waals surface area contributed by atoms with E-state index in [0.717, 1.165) is 26.6 Å². The zero-order valence-electron chi connectivity index (χ0n) is 22.2. The summed E-state index contributed by atoms with van der Waals surface area (Å²) < 4.78 is 4.33. The first-order valence-electron chi connectivity index (χ1n) is 12.3. The lowest BCUT2D eigenvalue weighted by Gasteiger charge is -2.17. The van der Waals surface area contributed by atoms with Gasteiger partial charge >= 0.3 is 5.69 Å². The smallest absolute Gasteiger partial charge is 0.332 e. The molecule has 1 amide bonds. The number of aryl methyl sites for hydroxylation is 1. The molecule has 1 aliphatic heterocycles. The number of nitrogens with zero attached hydrogens (tertiary/aromatic N) is 6. The number of aliphatic hydroxyl groups is 1. The van der Waals surface area contributed by atoms with Gasteiger partial charge in [-0.25, -0.2) is 19.5 Å². The van der Waals surface area contributed by atoms with Gasteiger partial charge in [-0.15, -0.1) is 11.3 Å². The molecule has 1 atom stereocenters.